The molecule has 4 nitrogen and oxygen atoms in total. The monoisotopic (exact) mass is 334 g/mol. The number of hydrogen-bond acceptors (Lipinski definition) is 2. The molecule has 1 aliphatic rings. The Bertz CT molecular complexity index is 574. The van der Waals surface area contributed by atoms with Gasteiger partial charge in [0.25, 0.3) is 0 Å². The van der Waals surface area contributed by atoms with Crippen molar-refractivity contribution in [1.29, 1.82) is 0 Å². The quantitative estimate of drug-likeness (QED) is 0.803. The van der Waals surface area contributed by atoms with Gasteiger partial charge in [0.05, 0.1) is 0 Å². The Kier molecular flexibility index (Phi) is 6.76. The first-order chi connectivity index (χ1) is 11.5. The van der Waals surface area contributed by atoms with Crippen molar-refractivity contribution in [2.24, 2.45) is 5.92 Å². The van der Waals surface area contributed by atoms with Crippen LogP contribution in [0.25, 0.3) is 0 Å². The molecule has 2 rings (SSSR count). The van der Waals surface area contributed by atoms with E-state index in [0.717, 1.165) is 37.9 Å². The van der Waals surface area contributed by atoms with Crippen LogP contribution in [-0.4, -0.2) is 48.8 Å². The average molecular weight is 334 g/mol. The van der Waals surface area contributed by atoms with E-state index in [9.17, 15) is 14.0 Å². The van der Waals surface area contributed by atoms with Gasteiger partial charge in [-0.15, -0.1) is 0 Å². The van der Waals surface area contributed by atoms with Gasteiger partial charge in [0.15, 0.2) is 0 Å². The van der Waals surface area contributed by atoms with Gasteiger partial charge in [-0.1, -0.05) is 18.2 Å². The number of piperidine rings is 1. The normalized spacial score (nSPS) is 17.6. The molecule has 24 heavy (non-hydrogen) atoms. The molecule has 5 heteroatoms. The first-order valence-electron chi connectivity index (χ1n) is 8.68. The summed E-state index contributed by atoms with van der Waals surface area (Å²) in [7, 11) is 3.40. The number of amides is 2. The second-order valence-corrected chi connectivity index (χ2v) is 6.77. The molecule has 2 amide bonds. The molecule has 0 aliphatic carbocycles. The van der Waals surface area contributed by atoms with Gasteiger partial charge in [-0.2, -0.15) is 0 Å². The molecule has 0 aromatic heterocycles. The lowest BCUT2D eigenvalue weighted by molar-refractivity contribution is -0.137. The first kappa shape index (κ1) is 18.4. The maximum Gasteiger partial charge on any atom is 0.223 e. The molecule has 1 atom stereocenters. The largest absolute Gasteiger partial charge is 0.349 e. The topological polar surface area (TPSA) is 40.6 Å². The van der Waals surface area contributed by atoms with E-state index in [4.69, 9.17) is 0 Å². The van der Waals surface area contributed by atoms with E-state index < -0.39 is 0 Å². The third-order valence-corrected chi connectivity index (χ3v) is 4.70. The highest BCUT2D eigenvalue weighted by Crippen LogP contribution is 2.23. The molecule has 0 spiro atoms. The molecule has 1 aromatic rings. The Labute approximate surface area is 143 Å². The van der Waals surface area contributed by atoms with Gasteiger partial charge in [-0.25, -0.2) is 4.39 Å². The third-order valence-electron chi connectivity index (χ3n) is 4.70. The molecule has 0 N–H and O–H groups in total. The van der Waals surface area contributed by atoms with Crippen molar-refractivity contribution in [2.75, 3.05) is 27.2 Å². The van der Waals surface area contributed by atoms with Gasteiger partial charge in [0, 0.05) is 40.0 Å². The van der Waals surface area contributed by atoms with Crippen LogP contribution in [0.1, 0.15) is 37.7 Å². The van der Waals surface area contributed by atoms with Crippen LogP contribution >= 0.6 is 0 Å². The standard InChI is InChI=1S/C19H27FN2O2/c1-21(2)18(23)11-12-19(24)22-13-5-6-15(14-22)9-10-16-7-3-4-8-17(16)20/h3-4,7-8,15H,5-6,9-14H2,1-2H3. The van der Waals surface area contributed by atoms with Gasteiger partial charge in [-0.05, 0) is 43.2 Å². The zero-order valence-corrected chi connectivity index (χ0v) is 14.6. The molecule has 0 bridgehead atoms. The van der Waals surface area contributed by atoms with E-state index in [1.54, 1.807) is 20.2 Å². The number of carbonyl (C=O) groups is 2. The fourth-order valence-corrected chi connectivity index (χ4v) is 3.18. The summed E-state index contributed by atoms with van der Waals surface area (Å²) in [4.78, 5) is 27.3. The molecular weight excluding hydrogens is 307 g/mol. The van der Waals surface area contributed by atoms with Crippen LogP contribution in [0.4, 0.5) is 4.39 Å². The van der Waals surface area contributed by atoms with Crippen molar-refractivity contribution in [3.8, 4) is 0 Å². The highest BCUT2D eigenvalue weighted by molar-refractivity contribution is 5.83. The van der Waals surface area contributed by atoms with Crippen LogP contribution in [0.5, 0.6) is 0 Å². The van der Waals surface area contributed by atoms with Crippen LogP contribution in [0, 0.1) is 11.7 Å². The Morgan fingerprint density at radius 2 is 2.00 bits per heavy atom. The van der Waals surface area contributed by atoms with E-state index in [2.05, 4.69) is 0 Å². The Hall–Kier alpha value is -1.91. The smallest absolute Gasteiger partial charge is 0.223 e. The number of likely N-dealkylation sites (tertiary alicyclic amines) is 1. The molecule has 132 valence electrons. The van der Waals surface area contributed by atoms with Gasteiger partial charge in [-0.3, -0.25) is 9.59 Å². The number of hydrogen-bond donors (Lipinski definition) is 0. The molecule has 1 heterocycles. The molecular formula is C19H27FN2O2. The van der Waals surface area contributed by atoms with Crippen molar-refractivity contribution < 1.29 is 14.0 Å². The zero-order chi connectivity index (χ0) is 17.5. The highest BCUT2D eigenvalue weighted by atomic mass is 19.1. The molecule has 1 unspecified atom stereocenters. The van der Waals surface area contributed by atoms with Gasteiger partial charge < -0.3 is 9.80 Å². The first-order valence-corrected chi connectivity index (χ1v) is 8.68. The number of benzene rings is 1. The second-order valence-electron chi connectivity index (χ2n) is 6.77. The Balaban J connectivity index is 1.80. The fourth-order valence-electron chi connectivity index (χ4n) is 3.18. The predicted molar refractivity (Wildman–Crippen MR) is 92.0 cm³/mol. The van der Waals surface area contributed by atoms with Gasteiger partial charge in [0.1, 0.15) is 5.82 Å². The average Bonchev–Trinajstić information content (AvgIpc) is 2.58. The zero-order valence-electron chi connectivity index (χ0n) is 14.6. The molecule has 1 aliphatic heterocycles. The molecule has 0 radical (unpaired) electrons. The highest BCUT2D eigenvalue weighted by Gasteiger charge is 2.24. The van der Waals surface area contributed by atoms with Crippen LogP contribution in [0.3, 0.4) is 0 Å². The fraction of sp³-hybridized carbons (Fsp3) is 0.579. The maximum atomic E-state index is 13.7. The Morgan fingerprint density at radius 3 is 2.71 bits per heavy atom. The van der Waals surface area contributed by atoms with Crippen molar-refractivity contribution in [2.45, 2.75) is 38.5 Å². The van der Waals surface area contributed by atoms with E-state index in [1.807, 2.05) is 17.0 Å². The van der Waals surface area contributed by atoms with Crippen molar-refractivity contribution in [3.05, 3.63) is 35.6 Å². The van der Waals surface area contributed by atoms with Crippen LogP contribution in [-0.2, 0) is 16.0 Å². The summed E-state index contributed by atoms with van der Waals surface area (Å²) in [5.74, 6) is 0.299. The van der Waals surface area contributed by atoms with E-state index in [0.29, 0.717) is 12.3 Å². The number of rotatable bonds is 6. The minimum Gasteiger partial charge on any atom is -0.349 e. The number of carbonyl (C=O) groups excluding carboxylic acids is 2. The summed E-state index contributed by atoms with van der Waals surface area (Å²) in [6, 6.07) is 6.88. The van der Waals surface area contributed by atoms with Crippen molar-refractivity contribution in [1.82, 2.24) is 9.80 Å². The lowest BCUT2D eigenvalue weighted by atomic mass is 9.91. The third kappa shape index (κ3) is 5.32. The van der Waals surface area contributed by atoms with Gasteiger partial charge in [0.2, 0.25) is 11.8 Å². The second kappa shape index (κ2) is 8.81. The van der Waals surface area contributed by atoms with Crippen LogP contribution in [0.15, 0.2) is 24.3 Å². The van der Waals surface area contributed by atoms with E-state index in [1.165, 1.54) is 11.0 Å². The summed E-state index contributed by atoms with van der Waals surface area (Å²) in [5.41, 5.74) is 0.748. The summed E-state index contributed by atoms with van der Waals surface area (Å²) >= 11 is 0. The summed E-state index contributed by atoms with van der Waals surface area (Å²) in [6.45, 7) is 1.49. The predicted octanol–water partition coefficient (Wildman–Crippen LogP) is 2.87. The lowest BCUT2D eigenvalue weighted by Gasteiger charge is -2.33. The van der Waals surface area contributed by atoms with Gasteiger partial charge >= 0.3 is 0 Å². The molecule has 1 saturated heterocycles. The number of halogens is 1. The summed E-state index contributed by atoms with van der Waals surface area (Å²) in [5, 5.41) is 0. The van der Waals surface area contributed by atoms with E-state index >= 15 is 0 Å². The maximum absolute atomic E-state index is 13.7. The number of aryl methyl sites for hydroxylation is 1. The summed E-state index contributed by atoms with van der Waals surface area (Å²) < 4.78 is 13.7. The minimum absolute atomic E-state index is 0.0172. The van der Waals surface area contributed by atoms with Crippen molar-refractivity contribution in [3.63, 3.8) is 0 Å². The number of nitrogens with zero attached hydrogens (tertiary/aromatic N) is 2. The summed E-state index contributed by atoms with van der Waals surface area (Å²) in [6.07, 6.45) is 4.20. The SMILES string of the molecule is CN(C)C(=O)CCC(=O)N1CCCC(CCc2ccccc2F)C1. The molecule has 1 fully saturated rings. The minimum atomic E-state index is -0.150. The van der Waals surface area contributed by atoms with E-state index in [-0.39, 0.29) is 30.5 Å². The molecule has 1 aromatic carbocycles. The Morgan fingerprint density at radius 1 is 1.25 bits per heavy atom. The van der Waals surface area contributed by atoms with Crippen LogP contribution < -0.4 is 0 Å². The lowest BCUT2D eigenvalue weighted by Crippen LogP contribution is -2.40. The molecule has 0 saturated carbocycles. The van der Waals surface area contributed by atoms with Crippen LogP contribution in [0.2, 0.25) is 0 Å². The van der Waals surface area contributed by atoms with Crippen molar-refractivity contribution >= 4 is 11.8 Å².